The van der Waals surface area contributed by atoms with E-state index in [1.54, 1.807) is 0 Å². The second-order valence-electron chi connectivity index (χ2n) is 1.86. The second kappa shape index (κ2) is 5.76. The first-order valence-electron chi connectivity index (χ1n) is 3.22. The Morgan fingerprint density at radius 1 is 1.31 bits per heavy atom. The molecule has 0 saturated heterocycles. The summed E-state index contributed by atoms with van der Waals surface area (Å²) in [4.78, 5) is 20.1. The number of carbonyl (C=O) groups is 2. The zero-order valence-corrected chi connectivity index (χ0v) is 9.26. The number of carbonyl (C=O) groups excluding carboxylic acids is 2. The number of nitrogens with one attached hydrogen (secondary N) is 3. The van der Waals surface area contributed by atoms with E-state index < -0.39 is 0 Å². The highest BCUT2D eigenvalue weighted by Crippen LogP contribution is 2.01. The van der Waals surface area contributed by atoms with E-state index in [4.69, 9.17) is 0 Å². The van der Waals surface area contributed by atoms with Crippen molar-refractivity contribution in [2.24, 2.45) is 0 Å². The summed E-state index contributed by atoms with van der Waals surface area (Å²) in [5.41, 5.74) is 0. The number of nitrogens with zero attached hydrogens (tertiary/aromatic N) is 1. The molecule has 0 fully saturated rings. The highest BCUT2D eigenvalue weighted by Gasteiger charge is 2.06. The van der Waals surface area contributed by atoms with Crippen LogP contribution in [0.5, 0.6) is 0 Å². The summed E-state index contributed by atoms with van der Waals surface area (Å²) in [5.74, 6) is -0.657. The molecule has 2 heterocycles. The summed E-state index contributed by atoms with van der Waals surface area (Å²) in [6.07, 6.45) is 2.39. The largest absolute Gasteiger partial charge is 0.313 e. The highest BCUT2D eigenvalue weighted by molar-refractivity contribution is 7.43. The predicted molar refractivity (Wildman–Crippen MR) is 54.4 cm³/mol. The van der Waals surface area contributed by atoms with Crippen LogP contribution in [0.15, 0.2) is 12.2 Å². The number of aromatic nitrogens is 3. The molecule has 2 rings (SSSR count). The monoisotopic (exact) mass is 236 g/mol. The lowest BCUT2D eigenvalue weighted by atomic mass is 10.6. The fourth-order valence-corrected chi connectivity index (χ4v) is 3.16. The van der Waals surface area contributed by atoms with E-state index in [0.717, 1.165) is 8.51 Å². The molecular weight excluding hydrogens is 229 g/mol. The van der Waals surface area contributed by atoms with Gasteiger partial charge < -0.3 is 9.02 Å². The Balaban J connectivity index is 0.000000132. The van der Waals surface area contributed by atoms with E-state index in [2.05, 4.69) is 13.5 Å². The van der Waals surface area contributed by atoms with Crippen molar-refractivity contribution in [3.05, 3.63) is 12.2 Å². The zero-order valence-electron chi connectivity index (χ0n) is 6.37. The Labute approximate surface area is 78.6 Å². The van der Waals surface area contributed by atoms with Gasteiger partial charge in [0.1, 0.15) is 8.51 Å². The minimum atomic E-state index is -0.329. The molecule has 3 N–H and O–H groups in total. The third kappa shape index (κ3) is 4.69. The van der Waals surface area contributed by atoms with Gasteiger partial charge in [-0.05, 0) is 0 Å². The third-order valence-corrected chi connectivity index (χ3v) is 3.55. The predicted octanol–water partition coefficient (Wildman–Crippen LogP) is 0.704. The molecule has 0 aromatic carbocycles. The third-order valence-electron chi connectivity index (χ3n) is 0.957. The summed E-state index contributed by atoms with van der Waals surface area (Å²) in [6.45, 7) is 0. The van der Waals surface area contributed by atoms with Gasteiger partial charge in [0, 0.05) is 29.2 Å². The average molecular weight is 236 g/mol. The Hall–Kier alpha value is -0.820. The maximum Gasteiger partial charge on any atom is 0.250 e. The Bertz CT molecular complexity index is 287. The van der Waals surface area contributed by atoms with Crippen LogP contribution in [0.4, 0.5) is 0 Å². The molecule has 0 radical (unpaired) electrons. The van der Waals surface area contributed by atoms with Gasteiger partial charge in [-0.2, -0.15) is 4.51 Å². The summed E-state index contributed by atoms with van der Waals surface area (Å²) in [6, 6.07) is 0. The Morgan fingerprint density at radius 2 is 2.00 bits per heavy atom. The first kappa shape index (κ1) is 10.3. The fourth-order valence-electron chi connectivity index (χ4n) is 0.512. The van der Waals surface area contributed by atoms with Gasteiger partial charge in [0.2, 0.25) is 0 Å². The lowest BCUT2D eigenvalue weighted by Gasteiger charge is -1.80. The first-order valence-corrected chi connectivity index (χ1v) is 6.01. The van der Waals surface area contributed by atoms with Gasteiger partial charge in [-0.1, -0.05) is 0 Å². The number of H-pyrrole nitrogens is 2. The molecular formula is C4H7N4O2P3. The lowest BCUT2D eigenvalue weighted by Crippen LogP contribution is -2.19. The molecule has 1 aromatic heterocycles. The van der Waals surface area contributed by atoms with E-state index in [1.807, 2.05) is 5.32 Å². The number of rotatable bonds is 0. The molecule has 1 aromatic rings. The van der Waals surface area contributed by atoms with Crippen molar-refractivity contribution in [3.63, 3.8) is 0 Å². The molecule has 2 unspecified atom stereocenters. The van der Waals surface area contributed by atoms with Crippen molar-refractivity contribution in [3.8, 4) is 0 Å². The molecule has 70 valence electrons. The summed E-state index contributed by atoms with van der Waals surface area (Å²) < 4.78 is 10.0. The molecule has 2 amide bonds. The zero-order chi connectivity index (χ0) is 9.52. The van der Waals surface area contributed by atoms with Crippen LogP contribution in [0, 0.1) is 0 Å². The molecule has 1 aliphatic heterocycles. The molecule has 2 atom stereocenters. The van der Waals surface area contributed by atoms with Gasteiger partial charge in [0.05, 0.1) is 0 Å². The quantitative estimate of drug-likeness (QED) is 0.579. The van der Waals surface area contributed by atoms with Crippen LogP contribution in [0.1, 0.15) is 0 Å². The second-order valence-corrected chi connectivity index (χ2v) is 5.23. The van der Waals surface area contributed by atoms with E-state index in [9.17, 15) is 9.59 Å². The van der Waals surface area contributed by atoms with Crippen molar-refractivity contribution < 1.29 is 9.59 Å². The number of aromatic amines is 2. The van der Waals surface area contributed by atoms with Gasteiger partial charge in [-0.25, -0.2) is 0 Å². The first-order chi connectivity index (χ1) is 6.29. The number of imide groups is 1. The van der Waals surface area contributed by atoms with E-state index in [-0.39, 0.29) is 11.8 Å². The summed E-state index contributed by atoms with van der Waals surface area (Å²) >= 11 is 0. The molecule has 1 aliphatic rings. The van der Waals surface area contributed by atoms with Crippen molar-refractivity contribution >= 4 is 37.3 Å². The van der Waals surface area contributed by atoms with Gasteiger partial charge in [-0.3, -0.25) is 14.9 Å². The maximum atomic E-state index is 10.0. The Kier molecular flexibility index (Phi) is 4.55. The molecule has 0 aliphatic carbocycles. The smallest absolute Gasteiger partial charge is 0.250 e. The number of amides is 2. The van der Waals surface area contributed by atoms with Crippen molar-refractivity contribution in [2.45, 2.75) is 0 Å². The van der Waals surface area contributed by atoms with Crippen LogP contribution in [0.25, 0.3) is 0 Å². The van der Waals surface area contributed by atoms with Crippen molar-refractivity contribution in [2.75, 3.05) is 0 Å². The van der Waals surface area contributed by atoms with Crippen LogP contribution in [0.3, 0.4) is 0 Å². The number of hydrogen-bond donors (Lipinski definition) is 3. The molecule has 0 bridgehead atoms. The molecule has 13 heavy (non-hydrogen) atoms. The fraction of sp³-hybridized carbons (Fsp3) is 0. The normalized spacial score (nSPS) is 15.1. The minimum Gasteiger partial charge on any atom is -0.313 e. The Morgan fingerprint density at radius 3 is 2.15 bits per heavy atom. The van der Waals surface area contributed by atoms with Crippen LogP contribution in [-0.2, 0) is 9.59 Å². The maximum absolute atomic E-state index is 10.0. The van der Waals surface area contributed by atoms with E-state index >= 15 is 0 Å². The molecule has 9 heteroatoms. The average Bonchev–Trinajstić information content (AvgIpc) is 2.54. The molecule has 6 nitrogen and oxygen atoms in total. The molecule has 0 saturated carbocycles. The van der Waals surface area contributed by atoms with E-state index in [1.165, 1.54) is 12.2 Å². The van der Waals surface area contributed by atoms with Gasteiger partial charge in [0.25, 0.3) is 11.8 Å². The lowest BCUT2D eigenvalue weighted by molar-refractivity contribution is -0.123. The van der Waals surface area contributed by atoms with Gasteiger partial charge >= 0.3 is 0 Å². The van der Waals surface area contributed by atoms with Crippen molar-refractivity contribution in [1.29, 1.82) is 0 Å². The topological polar surface area (TPSA) is 90.6 Å². The standard InChI is InChI=1S/C4H3NO2.H4N3P3/c6-3-1-2-4(7)5-3;1-4-2-6-3-5-1/h1-2H,(H,5,6,7);1,4-5H,(H,2,3). The van der Waals surface area contributed by atoms with E-state index in [0.29, 0.717) is 17.0 Å². The SMILES string of the molecule is O=C1C=CC(=O)N1.n1p[nH][pH][nH][pH]1. The number of hydrogen-bond acceptors (Lipinski definition) is 3. The molecule has 0 spiro atoms. The van der Waals surface area contributed by atoms with Crippen LogP contribution in [0.2, 0.25) is 0 Å². The van der Waals surface area contributed by atoms with Crippen LogP contribution >= 0.6 is 25.5 Å². The highest BCUT2D eigenvalue weighted by atomic mass is 31.1. The summed E-state index contributed by atoms with van der Waals surface area (Å²) in [5, 5.41) is 2.03. The van der Waals surface area contributed by atoms with Crippen LogP contribution < -0.4 is 5.32 Å². The van der Waals surface area contributed by atoms with Gasteiger partial charge in [0.15, 0.2) is 0 Å². The van der Waals surface area contributed by atoms with Crippen LogP contribution in [-0.4, -0.2) is 25.3 Å². The summed E-state index contributed by atoms with van der Waals surface area (Å²) in [7, 11) is 2.36. The van der Waals surface area contributed by atoms with Gasteiger partial charge in [-0.15, -0.1) is 0 Å². The minimum absolute atomic E-state index is 0.329. The van der Waals surface area contributed by atoms with Crippen molar-refractivity contribution in [1.82, 2.24) is 18.8 Å².